The van der Waals surface area contributed by atoms with Crippen LogP contribution in [0.25, 0.3) is 0 Å². The van der Waals surface area contributed by atoms with E-state index in [1.165, 1.54) is 0 Å². The van der Waals surface area contributed by atoms with Crippen LogP contribution in [-0.4, -0.2) is 23.4 Å². The van der Waals surface area contributed by atoms with Gasteiger partial charge in [-0.2, -0.15) is 0 Å². The Hall–Kier alpha value is -1.51. The number of amides is 1. The third kappa shape index (κ3) is 2.78. The molecule has 0 radical (unpaired) electrons. The van der Waals surface area contributed by atoms with E-state index in [2.05, 4.69) is 20.8 Å². The molecule has 0 aliphatic carbocycles. The smallest absolute Gasteiger partial charge is 0.254 e. The molecule has 1 aromatic rings. The van der Waals surface area contributed by atoms with Crippen LogP contribution in [0.3, 0.4) is 0 Å². The molecule has 0 bridgehead atoms. The number of benzene rings is 1. The predicted octanol–water partition coefficient (Wildman–Crippen LogP) is 2.84. The number of nitrogens with zero attached hydrogens (tertiary/aromatic N) is 1. The lowest BCUT2D eigenvalue weighted by atomic mass is 9.98. The van der Waals surface area contributed by atoms with Gasteiger partial charge in [0.05, 0.1) is 0 Å². The van der Waals surface area contributed by atoms with Crippen LogP contribution in [0.15, 0.2) is 18.2 Å². The Morgan fingerprint density at radius 2 is 2.00 bits per heavy atom. The zero-order valence-corrected chi connectivity index (χ0v) is 11.4. The molecule has 1 aromatic carbocycles. The first kappa shape index (κ1) is 13.6. The molecule has 94 valence electrons. The maximum Gasteiger partial charge on any atom is 0.254 e. The van der Waals surface area contributed by atoms with E-state index in [0.29, 0.717) is 5.56 Å². The second kappa shape index (κ2) is 4.78. The van der Waals surface area contributed by atoms with Crippen molar-refractivity contribution in [3.8, 4) is 0 Å². The van der Waals surface area contributed by atoms with Crippen LogP contribution in [0.1, 0.15) is 43.1 Å². The largest absolute Gasteiger partial charge is 0.399 e. The van der Waals surface area contributed by atoms with Gasteiger partial charge in [0, 0.05) is 23.8 Å². The Bertz CT molecular complexity index is 424. The highest BCUT2D eigenvalue weighted by atomic mass is 16.2. The lowest BCUT2D eigenvalue weighted by Gasteiger charge is -2.35. The summed E-state index contributed by atoms with van der Waals surface area (Å²) in [6.45, 7) is 8.12. The second-order valence-electron chi connectivity index (χ2n) is 5.10. The van der Waals surface area contributed by atoms with Gasteiger partial charge in [-0.25, -0.2) is 0 Å². The van der Waals surface area contributed by atoms with E-state index in [1.54, 1.807) is 17.0 Å². The molecule has 0 aliphatic rings. The van der Waals surface area contributed by atoms with Gasteiger partial charge >= 0.3 is 0 Å². The number of anilines is 1. The monoisotopic (exact) mass is 234 g/mol. The molecule has 0 fully saturated rings. The summed E-state index contributed by atoms with van der Waals surface area (Å²) in [7, 11) is 1.84. The highest BCUT2D eigenvalue weighted by molar-refractivity contribution is 5.95. The standard InChI is InChI=1S/C14H22N2O/c1-6-14(3,4)16(5)13(17)11-7-8-12(15)10(2)9-11/h7-9H,6,15H2,1-5H3. The minimum atomic E-state index is -0.133. The van der Waals surface area contributed by atoms with Gasteiger partial charge in [-0.15, -0.1) is 0 Å². The van der Waals surface area contributed by atoms with Crippen LogP contribution in [0.2, 0.25) is 0 Å². The van der Waals surface area contributed by atoms with E-state index in [1.807, 2.05) is 20.0 Å². The molecule has 1 rings (SSSR count). The van der Waals surface area contributed by atoms with Gasteiger partial charge in [0.15, 0.2) is 0 Å². The topological polar surface area (TPSA) is 46.3 Å². The van der Waals surface area contributed by atoms with Crippen molar-refractivity contribution in [2.75, 3.05) is 12.8 Å². The molecule has 0 spiro atoms. The van der Waals surface area contributed by atoms with Gasteiger partial charge in [0.1, 0.15) is 0 Å². The lowest BCUT2D eigenvalue weighted by Crippen LogP contribution is -2.44. The molecule has 2 N–H and O–H groups in total. The summed E-state index contributed by atoms with van der Waals surface area (Å²) in [6.07, 6.45) is 0.920. The molecule has 1 amide bonds. The number of nitrogens with two attached hydrogens (primary N) is 1. The van der Waals surface area contributed by atoms with Crippen LogP contribution in [-0.2, 0) is 0 Å². The molecule has 0 saturated heterocycles. The molecular formula is C14H22N2O. The molecule has 0 atom stereocenters. The quantitative estimate of drug-likeness (QED) is 0.817. The van der Waals surface area contributed by atoms with Gasteiger partial charge < -0.3 is 10.6 Å². The van der Waals surface area contributed by atoms with Crippen LogP contribution in [0.4, 0.5) is 5.69 Å². The van der Waals surface area contributed by atoms with E-state index in [-0.39, 0.29) is 11.4 Å². The summed E-state index contributed by atoms with van der Waals surface area (Å²) in [5.74, 6) is 0.0416. The maximum atomic E-state index is 12.3. The summed E-state index contributed by atoms with van der Waals surface area (Å²) in [5.41, 5.74) is 7.98. The van der Waals surface area contributed by atoms with E-state index < -0.39 is 0 Å². The Labute approximate surface area is 104 Å². The normalized spacial score (nSPS) is 11.4. The van der Waals surface area contributed by atoms with Crippen molar-refractivity contribution >= 4 is 11.6 Å². The Balaban J connectivity index is 3.01. The number of nitrogen functional groups attached to an aromatic ring is 1. The molecule has 3 heteroatoms. The Morgan fingerprint density at radius 1 is 1.41 bits per heavy atom. The molecule has 0 aromatic heterocycles. The maximum absolute atomic E-state index is 12.3. The van der Waals surface area contributed by atoms with Crippen molar-refractivity contribution in [1.29, 1.82) is 0 Å². The van der Waals surface area contributed by atoms with Gasteiger partial charge in [-0.3, -0.25) is 4.79 Å². The molecule has 0 unspecified atom stereocenters. The fourth-order valence-electron chi connectivity index (χ4n) is 1.51. The number of aryl methyl sites for hydroxylation is 1. The lowest BCUT2D eigenvalue weighted by molar-refractivity contribution is 0.0620. The van der Waals surface area contributed by atoms with Crippen molar-refractivity contribution in [3.05, 3.63) is 29.3 Å². The third-order valence-electron chi connectivity index (χ3n) is 3.59. The summed E-state index contributed by atoms with van der Waals surface area (Å²) in [4.78, 5) is 14.1. The summed E-state index contributed by atoms with van der Waals surface area (Å²) in [5, 5.41) is 0. The average Bonchev–Trinajstić information content (AvgIpc) is 2.30. The average molecular weight is 234 g/mol. The van der Waals surface area contributed by atoms with Crippen LogP contribution in [0.5, 0.6) is 0 Å². The highest BCUT2D eigenvalue weighted by Gasteiger charge is 2.26. The number of carbonyl (C=O) groups excluding carboxylic acids is 1. The van der Waals surface area contributed by atoms with E-state index in [9.17, 15) is 4.79 Å². The van der Waals surface area contributed by atoms with Crippen LogP contribution >= 0.6 is 0 Å². The molecule has 0 heterocycles. The van der Waals surface area contributed by atoms with Gasteiger partial charge in [0.25, 0.3) is 5.91 Å². The summed E-state index contributed by atoms with van der Waals surface area (Å²) >= 11 is 0. The van der Waals surface area contributed by atoms with Crippen LogP contribution in [0, 0.1) is 6.92 Å². The number of carbonyl (C=O) groups is 1. The van der Waals surface area contributed by atoms with Gasteiger partial charge in [-0.05, 0) is 51.0 Å². The third-order valence-corrected chi connectivity index (χ3v) is 3.59. The van der Waals surface area contributed by atoms with Crippen molar-refractivity contribution in [2.45, 2.75) is 39.7 Å². The molecule has 17 heavy (non-hydrogen) atoms. The highest BCUT2D eigenvalue weighted by Crippen LogP contribution is 2.21. The van der Waals surface area contributed by atoms with Crippen molar-refractivity contribution in [2.24, 2.45) is 0 Å². The molecule has 0 saturated carbocycles. The zero-order valence-electron chi connectivity index (χ0n) is 11.4. The minimum absolute atomic E-state index is 0.0416. The SMILES string of the molecule is CCC(C)(C)N(C)C(=O)c1ccc(N)c(C)c1. The van der Waals surface area contributed by atoms with E-state index >= 15 is 0 Å². The van der Waals surface area contributed by atoms with Gasteiger partial charge in [-0.1, -0.05) is 6.92 Å². The van der Waals surface area contributed by atoms with Gasteiger partial charge in [0.2, 0.25) is 0 Å². The van der Waals surface area contributed by atoms with Crippen molar-refractivity contribution < 1.29 is 4.79 Å². The molecule has 3 nitrogen and oxygen atoms in total. The first-order valence-electron chi connectivity index (χ1n) is 5.94. The number of rotatable bonds is 3. The van der Waals surface area contributed by atoms with E-state index in [0.717, 1.165) is 17.7 Å². The Kier molecular flexibility index (Phi) is 3.81. The van der Waals surface area contributed by atoms with Crippen molar-refractivity contribution in [1.82, 2.24) is 4.90 Å². The molecular weight excluding hydrogens is 212 g/mol. The summed E-state index contributed by atoms with van der Waals surface area (Å²) < 4.78 is 0. The fraction of sp³-hybridized carbons (Fsp3) is 0.500. The van der Waals surface area contributed by atoms with Crippen LogP contribution < -0.4 is 5.73 Å². The first-order chi connectivity index (χ1) is 7.79. The molecule has 0 aliphatic heterocycles. The van der Waals surface area contributed by atoms with Crippen molar-refractivity contribution in [3.63, 3.8) is 0 Å². The Morgan fingerprint density at radius 3 is 2.47 bits per heavy atom. The predicted molar refractivity (Wildman–Crippen MR) is 72.1 cm³/mol. The minimum Gasteiger partial charge on any atom is -0.399 e. The number of hydrogen-bond donors (Lipinski definition) is 1. The second-order valence-corrected chi connectivity index (χ2v) is 5.10. The van der Waals surface area contributed by atoms with E-state index in [4.69, 9.17) is 5.73 Å². The summed E-state index contributed by atoms with van der Waals surface area (Å²) in [6, 6.07) is 5.42. The first-order valence-corrected chi connectivity index (χ1v) is 5.94. The fourth-order valence-corrected chi connectivity index (χ4v) is 1.51. The zero-order chi connectivity index (χ0) is 13.2. The number of hydrogen-bond acceptors (Lipinski definition) is 2.